The Morgan fingerprint density at radius 3 is 2.94 bits per heavy atom. The van der Waals surface area contributed by atoms with Crippen LogP contribution in [0.3, 0.4) is 0 Å². The smallest absolute Gasteiger partial charge is 0.161 e. The van der Waals surface area contributed by atoms with Gasteiger partial charge in [0, 0.05) is 0 Å². The van der Waals surface area contributed by atoms with E-state index in [0.29, 0.717) is 0 Å². The number of hydrogen-bond acceptors (Lipinski definition) is 3. The first kappa shape index (κ1) is 9.83. The van der Waals surface area contributed by atoms with Crippen molar-refractivity contribution in [1.82, 2.24) is 9.97 Å². The Bertz CT molecular complexity index is 753. The van der Waals surface area contributed by atoms with Crippen LogP contribution in [0, 0.1) is 0 Å². The van der Waals surface area contributed by atoms with Gasteiger partial charge in [0.1, 0.15) is 12.4 Å². The molecule has 88 valence electrons. The molecule has 0 spiro atoms. The van der Waals surface area contributed by atoms with Gasteiger partial charge >= 0.3 is 0 Å². The van der Waals surface area contributed by atoms with E-state index in [0.717, 1.165) is 11.4 Å². The van der Waals surface area contributed by atoms with Crippen LogP contribution in [-0.2, 0) is 5.41 Å². The molecule has 4 rings (SSSR count). The van der Waals surface area contributed by atoms with Gasteiger partial charge in [0.05, 0.1) is 17.3 Å². The van der Waals surface area contributed by atoms with E-state index in [9.17, 15) is 0 Å². The second-order valence-electron chi connectivity index (χ2n) is 5.00. The van der Waals surface area contributed by atoms with Crippen molar-refractivity contribution >= 4 is 12.2 Å². The first-order valence-corrected chi connectivity index (χ1v) is 6.04. The molecule has 1 aliphatic carbocycles. The number of fused-ring (bicyclic) bond motifs is 4. The maximum Gasteiger partial charge on any atom is 0.161 e. The number of ether oxygens (including phenoxy) is 1. The SMILES string of the molecule is C[C@]12C=c3ccccc3=CC1Oc1cncnc12. The molecule has 18 heavy (non-hydrogen) atoms. The van der Waals surface area contributed by atoms with Gasteiger partial charge in [-0.2, -0.15) is 0 Å². The molecule has 2 heterocycles. The molecule has 2 aromatic rings. The summed E-state index contributed by atoms with van der Waals surface area (Å²) in [7, 11) is 0. The van der Waals surface area contributed by atoms with Crippen molar-refractivity contribution < 1.29 is 4.74 Å². The Kier molecular flexibility index (Phi) is 1.74. The summed E-state index contributed by atoms with van der Waals surface area (Å²) >= 11 is 0. The maximum atomic E-state index is 5.96. The number of nitrogens with zero attached hydrogens (tertiary/aromatic N) is 2. The zero-order valence-corrected chi connectivity index (χ0v) is 10.00. The van der Waals surface area contributed by atoms with Gasteiger partial charge in [0.15, 0.2) is 5.75 Å². The normalized spacial score (nSPS) is 27.1. The lowest BCUT2D eigenvalue weighted by Gasteiger charge is -2.26. The van der Waals surface area contributed by atoms with Gasteiger partial charge < -0.3 is 4.74 Å². The minimum absolute atomic E-state index is 0.0131. The van der Waals surface area contributed by atoms with Crippen molar-refractivity contribution in [3.8, 4) is 5.75 Å². The van der Waals surface area contributed by atoms with E-state index in [4.69, 9.17) is 4.74 Å². The molecule has 1 aromatic heterocycles. The average molecular weight is 236 g/mol. The monoisotopic (exact) mass is 236 g/mol. The van der Waals surface area contributed by atoms with Gasteiger partial charge in [-0.25, -0.2) is 9.97 Å². The van der Waals surface area contributed by atoms with E-state index in [-0.39, 0.29) is 11.5 Å². The summed E-state index contributed by atoms with van der Waals surface area (Å²) in [4.78, 5) is 8.43. The van der Waals surface area contributed by atoms with Crippen molar-refractivity contribution in [1.29, 1.82) is 0 Å². The van der Waals surface area contributed by atoms with E-state index in [1.54, 1.807) is 12.5 Å². The molecule has 0 fully saturated rings. The van der Waals surface area contributed by atoms with E-state index in [2.05, 4.69) is 47.2 Å². The molecule has 0 N–H and O–H groups in total. The first-order chi connectivity index (χ1) is 8.77. The lowest BCUT2D eigenvalue weighted by Crippen LogP contribution is -2.43. The van der Waals surface area contributed by atoms with Crippen molar-refractivity contribution in [3.05, 3.63) is 52.9 Å². The van der Waals surface area contributed by atoms with Crippen LogP contribution in [0.25, 0.3) is 12.2 Å². The third-order valence-electron chi connectivity index (χ3n) is 3.82. The van der Waals surface area contributed by atoms with Crippen molar-refractivity contribution in [2.75, 3.05) is 0 Å². The fraction of sp³-hybridized carbons (Fsp3) is 0.200. The molecule has 0 amide bonds. The molecular weight excluding hydrogens is 224 g/mol. The Balaban J connectivity index is 2.04. The van der Waals surface area contributed by atoms with Crippen LogP contribution in [0.4, 0.5) is 0 Å². The topological polar surface area (TPSA) is 35.0 Å². The summed E-state index contributed by atoms with van der Waals surface area (Å²) in [6.07, 6.45) is 7.78. The number of aromatic nitrogens is 2. The molecule has 2 atom stereocenters. The Morgan fingerprint density at radius 2 is 2.06 bits per heavy atom. The third kappa shape index (κ3) is 1.13. The summed E-state index contributed by atoms with van der Waals surface area (Å²) in [6, 6.07) is 8.35. The molecule has 1 unspecified atom stereocenters. The van der Waals surface area contributed by atoms with Gasteiger partial charge in [-0.3, -0.25) is 0 Å². The molecule has 0 radical (unpaired) electrons. The summed E-state index contributed by atoms with van der Waals surface area (Å²) in [5.41, 5.74) is 0.792. The van der Waals surface area contributed by atoms with E-state index in [1.807, 2.05) is 6.07 Å². The lowest BCUT2D eigenvalue weighted by atomic mass is 9.78. The van der Waals surface area contributed by atoms with E-state index < -0.39 is 0 Å². The van der Waals surface area contributed by atoms with E-state index in [1.165, 1.54) is 10.4 Å². The summed E-state index contributed by atoms with van der Waals surface area (Å²) in [5.74, 6) is 0.797. The molecule has 1 aromatic carbocycles. The molecule has 3 nitrogen and oxygen atoms in total. The second-order valence-corrected chi connectivity index (χ2v) is 5.00. The lowest BCUT2D eigenvalue weighted by molar-refractivity contribution is 0.250. The maximum absolute atomic E-state index is 5.96. The van der Waals surface area contributed by atoms with Gasteiger partial charge in [0.2, 0.25) is 0 Å². The van der Waals surface area contributed by atoms with Gasteiger partial charge in [-0.15, -0.1) is 0 Å². The van der Waals surface area contributed by atoms with Gasteiger partial charge in [0.25, 0.3) is 0 Å². The first-order valence-electron chi connectivity index (χ1n) is 6.04. The van der Waals surface area contributed by atoms with Crippen LogP contribution in [-0.4, -0.2) is 16.1 Å². The van der Waals surface area contributed by atoms with Crippen molar-refractivity contribution in [2.45, 2.75) is 18.4 Å². The predicted octanol–water partition coefficient (Wildman–Crippen LogP) is 0.770. The average Bonchev–Trinajstić information content (AvgIpc) is 2.68. The molecule has 2 aliphatic rings. The highest BCUT2D eigenvalue weighted by atomic mass is 16.5. The molecule has 0 bridgehead atoms. The van der Waals surface area contributed by atoms with Crippen LogP contribution in [0.5, 0.6) is 5.75 Å². The predicted molar refractivity (Wildman–Crippen MR) is 68.4 cm³/mol. The van der Waals surface area contributed by atoms with Crippen LogP contribution >= 0.6 is 0 Å². The fourth-order valence-electron chi connectivity index (χ4n) is 2.84. The van der Waals surface area contributed by atoms with Crippen LogP contribution in [0.2, 0.25) is 0 Å². The molecule has 1 aliphatic heterocycles. The Hall–Kier alpha value is -2.16. The van der Waals surface area contributed by atoms with Crippen molar-refractivity contribution in [2.24, 2.45) is 0 Å². The Morgan fingerprint density at radius 1 is 1.22 bits per heavy atom. The molecule has 0 saturated heterocycles. The highest BCUT2D eigenvalue weighted by Crippen LogP contribution is 2.43. The molecular formula is C15H12N2O. The van der Waals surface area contributed by atoms with Crippen molar-refractivity contribution in [3.63, 3.8) is 0 Å². The summed E-state index contributed by atoms with van der Waals surface area (Å²) < 4.78 is 5.96. The Labute approximate surface area is 104 Å². The highest BCUT2D eigenvalue weighted by Gasteiger charge is 2.45. The van der Waals surface area contributed by atoms with E-state index >= 15 is 0 Å². The zero-order chi connectivity index (χ0) is 12.2. The van der Waals surface area contributed by atoms with Gasteiger partial charge in [-0.05, 0) is 23.4 Å². The highest BCUT2D eigenvalue weighted by molar-refractivity contribution is 5.61. The molecule has 3 heteroatoms. The largest absolute Gasteiger partial charge is 0.481 e. The third-order valence-corrected chi connectivity index (χ3v) is 3.82. The van der Waals surface area contributed by atoms with Gasteiger partial charge in [-0.1, -0.05) is 30.3 Å². The van der Waals surface area contributed by atoms with Crippen LogP contribution < -0.4 is 15.2 Å². The number of benzene rings is 1. The second kappa shape index (κ2) is 3.19. The minimum atomic E-state index is -0.188. The number of rotatable bonds is 0. The number of hydrogen-bond donors (Lipinski definition) is 0. The fourth-order valence-corrected chi connectivity index (χ4v) is 2.84. The quantitative estimate of drug-likeness (QED) is 0.677. The van der Waals surface area contributed by atoms with Crippen LogP contribution in [0.15, 0.2) is 36.8 Å². The standard InChI is InChI=1S/C15H12N2O/c1-15-7-11-5-3-2-4-10(11)6-13(15)18-12-8-16-9-17-14(12)15/h2-9,13H,1H3/t13?,15-/m0/s1. The summed E-state index contributed by atoms with van der Waals surface area (Å²) in [6.45, 7) is 2.17. The minimum Gasteiger partial charge on any atom is -0.481 e. The van der Waals surface area contributed by atoms with Crippen LogP contribution in [0.1, 0.15) is 12.6 Å². The molecule has 0 saturated carbocycles. The summed E-state index contributed by atoms with van der Waals surface area (Å²) in [5, 5.41) is 2.46. The zero-order valence-electron chi connectivity index (χ0n) is 10.00.